The van der Waals surface area contributed by atoms with Crippen molar-refractivity contribution in [3.05, 3.63) is 69.8 Å². The van der Waals surface area contributed by atoms with Crippen molar-refractivity contribution < 1.29 is 14.0 Å². The number of hydrogen-bond donors (Lipinski definition) is 1. The molecule has 3 rings (SSSR count). The molecule has 8 heteroatoms. The molecule has 2 amide bonds. The van der Waals surface area contributed by atoms with Gasteiger partial charge in [-0.15, -0.1) is 0 Å². The van der Waals surface area contributed by atoms with Gasteiger partial charge in [0.25, 0.3) is 5.91 Å². The number of thioether (sulfide) groups is 1. The lowest BCUT2D eigenvalue weighted by Crippen LogP contribution is -2.36. The van der Waals surface area contributed by atoms with Crippen molar-refractivity contribution in [1.29, 1.82) is 0 Å². The molecule has 1 fully saturated rings. The SMILES string of the molecule is O=C(CN1C(=O)/C(=C\c2ccccc2)SC1=S)Nc1ccc(F)c(Cl)c1. The number of rotatable bonds is 4. The Morgan fingerprint density at radius 3 is 2.69 bits per heavy atom. The minimum Gasteiger partial charge on any atom is -0.324 e. The average Bonchev–Trinajstić information content (AvgIpc) is 2.86. The molecule has 0 spiro atoms. The maximum absolute atomic E-state index is 13.2. The maximum Gasteiger partial charge on any atom is 0.266 e. The van der Waals surface area contributed by atoms with Crippen LogP contribution in [-0.4, -0.2) is 27.6 Å². The zero-order chi connectivity index (χ0) is 18.7. The van der Waals surface area contributed by atoms with Gasteiger partial charge in [0.2, 0.25) is 5.91 Å². The van der Waals surface area contributed by atoms with Gasteiger partial charge in [-0.25, -0.2) is 4.39 Å². The number of anilines is 1. The van der Waals surface area contributed by atoms with Crippen molar-refractivity contribution in [2.45, 2.75) is 0 Å². The normalized spacial score (nSPS) is 15.6. The molecule has 2 aromatic carbocycles. The van der Waals surface area contributed by atoms with Gasteiger partial charge in [0.1, 0.15) is 16.7 Å². The molecule has 0 saturated carbocycles. The molecule has 0 radical (unpaired) electrons. The Labute approximate surface area is 164 Å². The molecule has 0 unspecified atom stereocenters. The van der Waals surface area contributed by atoms with Crippen LogP contribution in [0.1, 0.15) is 5.56 Å². The van der Waals surface area contributed by atoms with Crippen LogP contribution in [0.4, 0.5) is 10.1 Å². The first-order chi connectivity index (χ1) is 12.4. The number of carbonyl (C=O) groups is 2. The number of carbonyl (C=O) groups excluding carboxylic acids is 2. The van der Waals surface area contributed by atoms with Gasteiger partial charge in [-0.05, 0) is 29.8 Å². The van der Waals surface area contributed by atoms with E-state index in [4.69, 9.17) is 23.8 Å². The van der Waals surface area contributed by atoms with Gasteiger partial charge in [0.05, 0.1) is 9.93 Å². The van der Waals surface area contributed by atoms with Crippen LogP contribution in [-0.2, 0) is 9.59 Å². The Balaban J connectivity index is 1.68. The van der Waals surface area contributed by atoms with E-state index in [-0.39, 0.29) is 17.5 Å². The van der Waals surface area contributed by atoms with Crippen LogP contribution in [0.2, 0.25) is 5.02 Å². The number of nitrogens with one attached hydrogen (secondary N) is 1. The van der Waals surface area contributed by atoms with E-state index in [1.807, 2.05) is 30.3 Å². The first-order valence-corrected chi connectivity index (χ1v) is 9.09. The van der Waals surface area contributed by atoms with Crippen LogP contribution < -0.4 is 5.32 Å². The molecule has 1 aliphatic heterocycles. The lowest BCUT2D eigenvalue weighted by molar-refractivity contribution is -0.126. The quantitative estimate of drug-likeness (QED) is 0.607. The monoisotopic (exact) mass is 406 g/mol. The number of thiocarbonyl (C=S) groups is 1. The van der Waals surface area contributed by atoms with Crippen LogP contribution in [0, 0.1) is 5.82 Å². The highest BCUT2D eigenvalue weighted by molar-refractivity contribution is 8.26. The summed E-state index contributed by atoms with van der Waals surface area (Å²) in [7, 11) is 0. The van der Waals surface area contributed by atoms with Crippen LogP contribution in [0.3, 0.4) is 0 Å². The molecule has 0 bridgehead atoms. The van der Waals surface area contributed by atoms with Crippen LogP contribution in [0.25, 0.3) is 6.08 Å². The van der Waals surface area contributed by atoms with E-state index in [0.717, 1.165) is 23.4 Å². The Kier molecular flexibility index (Phi) is 5.70. The van der Waals surface area contributed by atoms with E-state index in [0.29, 0.717) is 14.9 Å². The van der Waals surface area contributed by atoms with E-state index in [2.05, 4.69) is 5.32 Å². The minimum atomic E-state index is -0.576. The highest BCUT2D eigenvalue weighted by Crippen LogP contribution is 2.32. The smallest absolute Gasteiger partial charge is 0.266 e. The van der Waals surface area contributed by atoms with Gasteiger partial charge in [0.15, 0.2) is 0 Å². The molecule has 2 aromatic rings. The molecule has 1 saturated heterocycles. The lowest BCUT2D eigenvalue weighted by Gasteiger charge is -2.14. The van der Waals surface area contributed by atoms with Crippen molar-refractivity contribution in [2.24, 2.45) is 0 Å². The zero-order valence-electron chi connectivity index (χ0n) is 13.2. The predicted molar refractivity (Wildman–Crippen MR) is 106 cm³/mol. The number of amides is 2. The molecule has 1 heterocycles. The van der Waals surface area contributed by atoms with Crippen molar-refractivity contribution >= 4 is 63.5 Å². The van der Waals surface area contributed by atoms with E-state index in [1.165, 1.54) is 17.0 Å². The number of hydrogen-bond acceptors (Lipinski definition) is 4. The second-order valence-electron chi connectivity index (χ2n) is 5.36. The average molecular weight is 407 g/mol. The van der Waals surface area contributed by atoms with Gasteiger partial charge in [0, 0.05) is 5.69 Å². The maximum atomic E-state index is 13.2. The Morgan fingerprint density at radius 1 is 1.27 bits per heavy atom. The van der Waals surface area contributed by atoms with Gasteiger partial charge >= 0.3 is 0 Å². The molecular formula is C18H12ClFN2O2S2. The molecule has 1 N–H and O–H groups in total. The van der Waals surface area contributed by atoms with E-state index in [1.54, 1.807) is 6.08 Å². The van der Waals surface area contributed by atoms with Gasteiger partial charge in [-0.1, -0.05) is 65.9 Å². The minimum absolute atomic E-state index is 0.0980. The van der Waals surface area contributed by atoms with Gasteiger partial charge in [-0.3, -0.25) is 14.5 Å². The molecule has 0 atom stereocenters. The molecule has 0 aliphatic carbocycles. The summed E-state index contributed by atoms with van der Waals surface area (Å²) in [6, 6.07) is 13.2. The molecular weight excluding hydrogens is 395 g/mol. The predicted octanol–water partition coefficient (Wildman–Crippen LogP) is 4.32. The largest absolute Gasteiger partial charge is 0.324 e. The highest BCUT2D eigenvalue weighted by atomic mass is 35.5. The summed E-state index contributed by atoms with van der Waals surface area (Å²) in [5.41, 5.74) is 1.21. The molecule has 1 aliphatic rings. The zero-order valence-corrected chi connectivity index (χ0v) is 15.6. The number of halogens is 2. The molecule has 132 valence electrons. The molecule has 26 heavy (non-hydrogen) atoms. The molecule has 0 aromatic heterocycles. The number of benzene rings is 2. The van der Waals surface area contributed by atoms with Crippen LogP contribution in [0.5, 0.6) is 0 Å². The Morgan fingerprint density at radius 2 is 2.00 bits per heavy atom. The topological polar surface area (TPSA) is 49.4 Å². The first kappa shape index (κ1) is 18.6. The third-order valence-electron chi connectivity index (χ3n) is 3.48. The van der Waals surface area contributed by atoms with Crippen molar-refractivity contribution in [3.8, 4) is 0 Å². The summed E-state index contributed by atoms with van der Waals surface area (Å²) in [5, 5.41) is 2.47. The van der Waals surface area contributed by atoms with Gasteiger partial charge in [-0.2, -0.15) is 0 Å². The standard InChI is InChI=1S/C18H12ClFN2O2S2/c19-13-9-12(6-7-14(13)20)21-16(23)10-22-17(24)15(26-18(22)25)8-11-4-2-1-3-5-11/h1-9H,10H2,(H,21,23)/b15-8+. The van der Waals surface area contributed by atoms with E-state index < -0.39 is 11.7 Å². The third-order valence-corrected chi connectivity index (χ3v) is 5.14. The summed E-state index contributed by atoms with van der Waals surface area (Å²) in [5.74, 6) is -1.35. The summed E-state index contributed by atoms with van der Waals surface area (Å²) in [6.07, 6.45) is 1.73. The Hall–Kier alpha value is -2.22. The third kappa shape index (κ3) is 4.30. The van der Waals surface area contributed by atoms with Gasteiger partial charge < -0.3 is 5.32 Å². The van der Waals surface area contributed by atoms with Crippen LogP contribution in [0.15, 0.2) is 53.4 Å². The number of nitrogens with zero attached hydrogens (tertiary/aromatic N) is 1. The second kappa shape index (κ2) is 7.99. The Bertz CT molecular complexity index is 919. The lowest BCUT2D eigenvalue weighted by atomic mass is 10.2. The summed E-state index contributed by atoms with van der Waals surface area (Å²) in [4.78, 5) is 26.4. The summed E-state index contributed by atoms with van der Waals surface area (Å²) < 4.78 is 13.5. The summed E-state index contributed by atoms with van der Waals surface area (Å²) >= 11 is 12.0. The van der Waals surface area contributed by atoms with Crippen molar-refractivity contribution in [3.63, 3.8) is 0 Å². The van der Waals surface area contributed by atoms with E-state index >= 15 is 0 Å². The van der Waals surface area contributed by atoms with E-state index in [9.17, 15) is 14.0 Å². The molecule has 4 nitrogen and oxygen atoms in total. The summed E-state index contributed by atoms with van der Waals surface area (Å²) in [6.45, 7) is -0.230. The van der Waals surface area contributed by atoms with Crippen molar-refractivity contribution in [1.82, 2.24) is 4.90 Å². The highest BCUT2D eigenvalue weighted by Gasteiger charge is 2.33. The fourth-order valence-electron chi connectivity index (χ4n) is 2.25. The first-order valence-electron chi connectivity index (χ1n) is 7.49. The van der Waals surface area contributed by atoms with Crippen molar-refractivity contribution in [2.75, 3.05) is 11.9 Å². The van der Waals surface area contributed by atoms with Crippen LogP contribution >= 0.6 is 35.6 Å². The fourth-order valence-corrected chi connectivity index (χ4v) is 3.69. The fraction of sp³-hybridized carbons (Fsp3) is 0.0556. The second-order valence-corrected chi connectivity index (χ2v) is 7.44.